The molecule has 0 saturated carbocycles. The molecule has 0 spiro atoms. The number of aromatic carboxylic acids is 1. The third-order valence-corrected chi connectivity index (χ3v) is 2.08. The number of aromatic nitrogens is 2. The molecule has 1 N–H and O–H groups in total. The summed E-state index contributed by atoms with van der Waals surface area (Å²) in [5.41, 5.74) is 0.437. The van der Waals surface area contributed by atoms with Crippen molar-refractivity contribution in [3.63, 3.8) is 0 Å². The highest BCUT2D eigenvalue weighted by Crippen LogP contribution is 2.08. The molecule has 0 bridgehead atoms. The van der Waals surface area contributed by atoms with Crippen molar-refractivity contribution < 1.29 is 24.1 Å². The van der Waals surface area contributed by atoms with Gasteiger partial charge in [-0.3, -0.25) is 0 Å². The highest BCUT2D eigenvalue weighted by Gasteiger charge is 2.10. The number of rotatable bonds is 8. The average Bonchev–Trinajstić information content (AvgIpc) is 2.33. The van der Waals surface area contributed by atoms with Gasteiger partial charge in [0.2, 0.25) is 0 Å². The molecule has 1 aromatic rings. The van der Waals surface area contributed by atoms with Gasteiger partial charge in [-0.1, -0.05) is 0 Å². The van der Waals surface area contributed by atoms with Crippen molar-refractivity contribution in [2.75, 3.05) is 33.5 Å². The number of ether oxygens (including phenoxy) is 3. The predicted octanol–water partition coefficient (Wildman–Crippen LogP) is 0.525. The summed E-state index contributed by atoms with van der Waals surface area (Å²) in [7, 11) is 1.60. The Bertz CT molecular complexity index is 397. The molecule has 0 unspecified atom stereocenters. The van der Waals surface area contributed by atoms with Crippen LogP contribution in [-0.4, -0.2) is 54.6 Å². The number of carboxylic acid groups (broad SMARTS) is 1. The van der Waals surface area contributed by atoms with Crippen molar-refractivity contribution in [2.24, 2.45) is 0 Å². The van der Waals surface area contributed by atoms with Crippen LogP contribution in [-0.2, 0) is 9.47 Å². The number of hydrogen-bond acceptors (Lipinski definition) is 6. The summed E-state index contributed by atoms with van der Waals surface area (Å²) in [5.74, 6) is -1.05. The third kappa shape index (κ3) is 4.64. The lowest BCUT2D eigenvalue weighted by Gasteiger charge is -2.06. The maximum atomic E-state index is 10.7. The van der Waals surface area contributed by atoms with E-state index in [1.807, 2.05) is 0 Å². The largest absolute Gasteiger partial charge is 0.478 e. The Labute approximate surface area is 105 Å². The first kappa shape index (κ1) is 14.3. The van der Waals surface area contributed by atoms with Crippen LogP contribution >= 0.6 is 0 Å². The van der Waals surface area contributed by atoms with Crippen LogP contribution in [0.4, 0.5) is 0 Å². The smallest absolute Gasteiger partial charge is 0.339 e. The summed E-state index contributed by atoms with van der Waals surface area (Å²) in [6, 6.07) is 0.146. The molecule has 18 heavy (non-hydrogen) atoms. The number of methoxy groups -OCH3 is 1. The van der Waals surface area contributed by atoms with Gasteiger partial charge in [0.25, 0.3) is 0 Å². The van der Waals surface area contributed by atoms with Crippen molar-refractivity contribution in [3.05, 3.63) is 17.5 Å². The highest BCUT2D eigenvalue weighted by atomic mass is 16.5. The summed E-state index contributed by atoms with van der Waals surface area (Å²) in [5, 5.41) is 8.80. The molecule has 0 aromatic carbocycles. The van der Waals surface area contributed by atoms with Gasteiger partial charge in [-0.2, -0.15) is 4.98 Å². The van der Waals surface area contributed by atoms with E-state index in [1.54, 1.807) is 14.0 Å². The molecule has 0 radical (unpaired) electrons. The fourth-order valence-corrected chi connectivity index (χ4v) is 1.16. The second-order valence-corrected chi connectivity index (χ2v) is 3.41. The molecule has 0 aliphatic carbocycles. The summed E-state index contributed by atoms with van der Waals surface area (Å²) < 4.78 is 15.2. The van der Waals surface area contributed by atoms with Crippen LogP contribution in [0.25, 0.3) is 0 Å². The standard InChI is InChI=1S/C11H16N2O5/c1-8-9(10(14)15)7-12-11(13-8)18-6-5-17-4-3-16-2/h7H,3-6H2,1-2H3,(H,14,15). The maximum absolute atomic E-state index is 10.7. The lowest BCUT2D eigenvalue weighted by molar-refractivity contribution is 0.0527. The Morgan fingerprint density at radius 3 is 2.67 bits per heavy atom. The number of nitrogens with zero attached hydrogens (tertiary/aromatic N) is 2. The quantitative estimate of drug-likeness (QED) is 0.678. The summed E-state index contributed by atoms with van der Waals surface area (Å²) in [6.07, 6.45) is 1.23. The van der Waals surface area contributed by atoms with Crippen molar-refractivity contribution in [1.82, 2.24) is 9.97 Å². The fourth-order valence-electron chi connectivity index (χ4n) is 1.16. The minimum absolute atomic E-state index is 0.0682. The van der Waals surface area contributed by atoms with E-state index >= 15 is 0 Å². The van der Waals surface area contributed by atoms with Gasteiger partial charge in [0.05, 0.1) is 31.1 Å². The molecule has 0 atom stereocenters. The van der Waals surface area contributed by atoms with Crippen LogP contribution in [0.1, 0.15) is 16.1 Å². The summed E-state index contributed by atoms with van der Waals surface area (Å²) in [6.45, 7) is 3.32. The van der Waals surface area contributed by atoms with Crippen LogP contribution in [0, 0.1) is 6.92 Å². The monoisotopic (exact) mass is 256 g/mol. The van der Waals surface area contributed by atoms with E-state index in [2.05, 4.69) is 9.97 Å². The summed E-state index contributed by atoms with van der Waals surface area (Å²) >= 11 is 0. The molecule has 0 saturated heterocycles. The van der Waals surface area contributed by atoms with Gasteiger partial charge < -0.3 is 19.3 Å². The Morgan fingerprint density at radius 1 is 1.33 bits per heavy atom. The minimum atomic E-state index is -1.05. The van der Waals surface area contributed by atoms with E-state index in [1.165, 1.54) is 6.20 Å². The van der Waals surface area contributed by atoms with Gasteiger partial charge >= 0.3 is 12.0 Å². The van der Waals surface area contributed by atoms with E-state index in [9.17, 15) is 4.79 Å². The topological polar surface area (TPSA) is 90.8 Å². The molecule has 0 aliphatic rings. The van der Waals surface area contributed by atoms with E-state index in [4.69, 9.17) is 19.3 Å². The van der Waals surface area contributed by atoms with Gasteiger partial charge in [0.1, 0.15) is 6.61 Å². The Balaban J connectivity index is 2.35. The number of carbonyl (C=O) groups is 1. The molecule has 0 fully saturated rings. The fraction of sp³-hybridized carbons (Fsp3) is 0.545. The van der Waals surface area contributed by atoms with Crippen molar-refractivity contribution in [3.8, 4) is 6.01 Å². The predicted molar refractivity (Wildman–Crippen MR) is 61.9 cm³/mol. The third-order valence-electron chi connectivity index (χ3n) is 2.08. The Kier molecular flexibility index (Phi) is 6.03. The summed E-state index contributed by atoms with van der Waals surface area (Å²) in [4.78, 5) is 18.5. The molecular formula is C11H16N2O5. The van der Waals surface area contributed by atoms with Crippen LogP contribution in [0.5, 0.6) is 6.01 Å². The van der Waals surface area contributed by atoms with Gasteiger partial charge in [0, 0.05) is 13.3 Å². The second-order valence-electron chi connectivity index (χ2n) is 3.41. The zero-order valence-corrected chi connectivity index (χ0v) is 10.4. The number of aryl methyl sites for hydroxylation is 1. The zero-order valence-electron chi connectivity index (χ0n) is 10.4. The van der Waals surface area contributed by atoms with Crippen LogP contribution in [0.2, 0.25) is 0 Å². The van der Waals surface area contributed by atoms with Crippen molar-refractivity contribution in [1.29, 1.82) is 0 Å². The van der Waals surface area contributed by atoms with E-state index in [-0.39, 0.29) is 11.6 Å². The van der Waals surface area contributed by atoms with Crippen molar-refractivity contribution in [2.45, 2.75) is 6.92 Å². The van der Waals surface area contributed by atoms with E-state index < -0.39 is 5.97 Å². The minimum Gasteiger partial charge on any atom is -0.478 e. The Hall–Kier alpha value is -1.73. The molecule has 100 valence electrons. The molecule has 1 aromatic heterocycles. The first-order valence-electron chi connectivity index (χ1n) is 5.41. The SMILES string of the molecule is COCCOCCOc1ncc(C(=O)O)c(C)n1. The molecule has 7 nitrogen and oxygen atoms in total. The lowest BCUT2D eigenvalue weighted by atomic mass is 10.2. The van der Waals surface area contributed by atoms with Crippen molar-refractivity contribution >= 4 is 5.97 Å². The first-order valence-corrected chi connectivity index (χ1v) is 5.41. The molecule has 0 aliphatic heterocycles. The number of carboxylic acids is 1. The van der Waals surface area contributed by atoms with Gasteiger partial charge in [0.15, 0.2) is 0 Å². The molecular weight excluding hydrogens is 240 g/mol. The normalized spacial score (nSPS) is 10.3. The van der Waals surface area contributed by atoms with Gasteiger partial charge in [-0.15, -0.1) is 0 Å². The maximum Gasteiger partial charge on any atom is 0.339 e. The van der Waals surface area contributed by atoms with E-state index in [0.29, 0.717) is 32.1 Å². The zero-order chi connectivity index (χ0) is 13.4. The van der Waals surface area contributed by atoms with Gasteiger partial charge in [-0.05, 0) is 6.92 Å². The van der Waals surface area contributed by atoms with Gasteiger partial charge in [-0.25, -0.2) is 9.78 Å². The van der Waals surface area contributed by atoms with Crippen LogP contribution in [0.15, 0.2) is 6.20 Å². The van der Waals surface area contributed by atoms with Crippen LogP contribution < -0.4 is 4.74 Å². The number of hydrogen-bond donors (Lipinski definition) is 1. The van der Waals surface area contributed by atoms with E-state index in [0.717, 1.165) is 0 Å². The molecule has 1 rings (SSSR count). The second kappa shape index (κ2) is 7.57. The average molecular weight is 256 g/mol. The molecule has 0 amide bonds. The molecule has 7 heteroatoms. The Morgan fingerprint density at radius 2 is 2.06 bits per heavy atom. The van der Waals surface area contributed by atoms with Crippen LogP contribution in [0.3, 0.4) is 0 Å². The molecule has 1 heterocycles. The lowest BCUT2D eigenvalue weighted by Crippen LogP contribution is -2.12. The highest BCUT2D eigenvalue weighted by molar-refractivity contribution is 5.88. The first-order chi connectivity index (χ1) is 8.65.